The van der Waals surface area contributed by atoms with Crippen molar-refractivity contribution in [2.45, 2.75) is 24.8 Å². The lowest BCUT2D eigenvalue weighted by molar-refractivity contribution is 0.0938. The predicted octanol–water partition coefficient (Wildman–Crippen LogP) is -0.349. The number of hydrogen-bond acceptors (Lipinski definition) is 4. The van der Waals surface area contributed by atoms with E-state index in [4.69, 9.17) is 0 Å². The Morgan fingerprint density at radius 1 is 1.45 bits per heavy atom. The fraction of sp³-hybridized carbons (Fsp3) is 0.583. The van der Waals surface area contributed by atoms with Crippen molar-refractivity contribution in [3.8, 4) is 0 Å². The highest BCUT2D eigenvalue weighted by Crippen LogP contribution is 2.11. The van der Waals surface area contributed by atoms with E-state index in [1.807, 2.05) is 0 Å². The van der Waals surface area contributed by atoms with Gasteiger partial charge in [0.05, 0.1) is 0 Å². The van der Waals surface area contributed by atoms with Crippen LogP contribution in [-0.4, -0.2) is 45.0 Å². The summed E-state index contributed by atoms with van der Waals surface area (Å²) in [6.07, 6.45) is 1.32. The molecule has 1 aliphatic rings. The molecule has 0 unspecified atom stereocenters. The third-order valence-electron chi connectivity index (χ3n) is 3.02. The van der Waals surface area contributed by atoms with Crippen LogP contribution in [0.4, 0.5) is 0 Å². The Hall–Kier alpha value is -1.38. The number of aromatic nitrogens is 1. The number of carbonyl (C=O) groups is 1. The summed E-state index contributed by atoms with van der Waals surface area (Å²) in [6, 6.07) is 1.15. The van der Waals surface area contributed by atoms with Crippen molar-refractivity contribution in [1.29, 1.82) is 0 Å². The van der Waals surface area contributed by atoms with Gasteiger partial charge in [0.25, 0.3) is 5.91 Å². The molecule has 1 fully saturated rings. The summed E-state index contributed by atoms with van der Waals surface area (Å²) >= 11 is 0. The number of nitrogens with one attached hydrogen (secondary N) is 4. The molecule has 112 valence electrons. The van der Waals surface area contributed by atoms with E-state index in [0.717, 1.165) is 13.1 Å². The molecule has 1 aromatic rings. The lowest BCUT2D eigenvalue weighted by Crippen LogP contribution is -2.48. The first-order chi connectivity index (χ1) is 9.38. The van der Waals surface area contributed by atoms with E-state index in [1.165, 1.54) is 12.3 Å². The van der Waals surface area contributed by atoms with Crippen molar-refractivity contribution in [1.82, 2.24) is 20.3 Å². The van der Waals surface area contributed by atoms with E-state index in [-0.39, 0.29) is 22.5 Å². The number of sulfonamides is 1. The Bertz CT molecular complexity index is 575. The zero-order chi connectivity index (χ0) is 14.8. The molecule has 0 spiro atoms. The molecule has 7 nitrogen and oxygen atoms in total. The molecule has 0 atom stereocenters. The largest absolute Gasteiger partial charge is 0.356 e. The number of rotatable bonds is 6. The predicted molar refractivity (Wildman–Crippen MR) is 74.9 cm³/mol. The lowest BCUT2D eigenvalue weighted by Gasteiger charge is -2.26. The summed E-state index contributed by atoms with van der Waals surface area (Å²) in [5.41, 5.74) is 0.251. The quantitative estimate of drug-likeness (QED) is 0.576. The molecule has 20 heavy (non-hydrogen) atoms. The van der Waals surface area contributed by atoms with Gasteiger partial charge in [-0.2, -0.15) is 0 Å². The van der Waals surface area contributed by atoms with Crippen molar-refractivity contribution in [3.05, 3.63) is 18.0 Å². The molecular weight excluding hydrogens is 280 g/mol. The molecule has 1 saturated heterocycles. The summed E-state index contributed by atoms with van der Waals surface area (Å²) in [5, 5.41) is 5.90. The maximum Gasteiger partial charge on any atom is 0.267 e. The molecule has 0 radical (unpaired) electrons. The third kappa shape index (κ3) is 3.59. The fourth-order valence-electron chi connectivity index (χ4n) is 1.86. The lowest BCUT2D eigenvalue weighted by atomic mass is 10.0. The molecule has 8 heteroatoms. The van der Waals surface area contributed by atoms with Crippen LogP contribution in [0.3, 0.4) is 0 Å². The first-order valence-electron chi connectivity index (χ1n) is 6.58. The normalized spacial score (nSPS) is 16.1. The molecule has 4 N–H and O–H groups in total. The minimum absolute atomic E-state index is 0.0710. The van der Waals surface area contributed by atoms with Crippen LogP contribution in [0.5, 0.6) is 0 Å². The Kier molecular flexibility index (Phi) is 4.46. The standard InChI is InChI=1S/C12H20N4O3S/c1-8(2)16-20(18,19)10-3-11(14-7-10)12(17)15-6-9-4-13-5-9/h3,7-9,13-14,16H,4-6H2,1-2H3,(H,15,17). The van der Waals surface area contributed by atoms with Crippen LogP contribution in [0.2, 0.25) is 0 Å². The Morgan fingerprint density at radius 3 is 2.70 bits per heavy atom. The van der Waals surface area contributed by atoms with Crippen LogP contribution in [0.1, 0.15) is 24.3 Å². The number of aromatic amines is 1. The molecule has 0 saturated carbocycles. The van der Waals surface area contributed by atoms with E-state index in [2.05, 4.69) is 20.3 Å². The summed E-state index contributed by atoms with van der Waals surface area (Å²) in [4.78, 5) is 14.6. The van der Waals surface area contributed by atoms with Gasteiger partial charge in [-0.05, 0) is 19.9 Å². The number of amides is 1. The summed E-state index contributed by atoms with van der Waals surface area (Å²) < 4.78 is 26.3. The molecule has 1 aromatic heterocycles. The van der Waals surface area contributed by atoms with Crippen LogP contribution in [0, 0.1) is 5.92 Å². The molecule has 1 aliphatic heterocycles. The highest BCUT2D eigenvalue weighted by Gasteiger charge is 2.21. The second-order valence-electron chi connectivity index (χ2n) is 5.26. The maximum absolute atomic E-state index is 11.9. The third-order valence-corrected chi connectivity index (χ3v) is 4.66. The molecule has 0 bridgehead atoms. The van der Waals surface area contributed by atoms with E-state index in [1.54, 1.807) is 13.8 Å². The Balaban J connectivity index is 1.98. The second kappa shape index (κ2) is 5.94. The summed E-state index contributed by atoms with van der Waals surface area (Å²) in [7, 11) is -3.57. The van der Waals surface area contributed by atoms with Crippen LogP contribution in [0.25, 0.3) is 0 Å². The molecule has 2 rings (SSSR count). The number of carbonyl (C=O) groups excluding carboxylic acids is 1. The minimum Gasteiger partial charge on any atom is -0.356 e. The van der Waals surface area contributed by atoms with Crippen LogP contribution in [-0.2, 0) is 10.0 Å². The second-order valence-corrected chi connectivity index (χ2v) is 6.97. The van der Waals surface area contributed by atoms with Crippen molar-refractivity contribution < 1.29 is 13.2 Å². The number of hydrogen-bond donors (Lipinski definition) is 4. The topological polar surface area (TPSA) is 103 Å². The fourth-order valence-corrected chi connectivity index (χ4v) is 3.11. The van der Waals surface area contributed by atoms with Crippen molar-refractivity contribution in [3.63, 3.8) is 0 Å². The Morgan fingerprint density at radius 2 is 2.15 bits per heavy atom. The van der Waals surface area contributed by atoms with Gasteiger partial charge in [0.15, 0.2) is 0 Å². The van der Waals surface area contributed by atoms with Crippen molar-refractivity contribution >= 4 is 15.9 Å². The average molecular weight is 300 g/mol. The zero-order valence-electron chi connectivity index (χ0n) is 11.6. The van der Waals surface area contributed by atoms with Gasteiger partial charge < -0.3 is 15.6 Å². The van der Waals surface area contributed by atoms with E-state index in [0.29, 0.717) is 12.5 Å². The monoisotopic (exact) mass is 300 g/mol. The molecular formula is C12H20N4O3S. The van der Waals surface area contributed by atoms with Gasteiger partial charge in [0.2, 0.25) is 10.0 Å². The average Bonchev–Trinajstić information content (AvgIpc) is 2.74. The molecule has 1 amide bonds. The van der Waals surface area contributed by atoms with Crippen LogP contribution >= 0.6 is 0 Å². The number of H-pyrrole nitrogens is 1. The minimum atomic E-state index is -3.57. The molecule has 2 heterocycles. The highest BCUT2D eigenvalue weighted by molar-refractivity contribution is 7.89. The van der Waals surface area contributed by atoms with Gasteiger partial charge in [0.1, 0.15) is 10.6 Å². The molecule has 0 aliphatic carbocycles. The summed E-state index contributed by atoms with van der Waals surface area (Å²) in [5.74, 6) is 0.169. The van der Waals surface area contributed by atoms with E-state index < -0.39 is 10.0 Å². The SMILES string of the molecule is CC(C)NS(=O)(=O)c1c[nH]c(C(=O)NCC2CNC2)c1. The van der Waals surface area contributed by atoms with Crippen molar-refractivity contribution in [2.75, 3.05) is 19.6 Å². The Labute approximate surface area is 118 Å². The van der Waals surface area contributed by atoms with E-state index >= 15 is 0 Å². The van der Waals surface area contributed by atoms with Gasteiger partial charge in [-0.3, -0.25) is 4.79 Å². The zero-order valence-corrected chi connectivity index (χ0v) is 12.4. The first kappa shape index (κ1) is 15.0. The van der Waals surface area contributed by atoms with Crippen LogP contribution < -0.4 is 15.4 Å². The smallest absolute Gasteiger partial charge is 0.267 e. The summed E-state index contributed by atoms with van der Waals surface area (Å²) in [6.45, 7) is 5.89. The first-order valence-corrected chi connectivity index (χ1v) is 8.06. The van der Waals surface area contributed by atoms with Gasteiger partial charge in [-0.15, -0.1) is 0 Å². The van der Waals surface area contributed by atoms with Gasteiger partial charge in [-0.25, -0.2) is 13.1 Å². The highest BCUT2D eigenvalue weighted by atomic mass is 32.2. The molecule has 0 aromatic carbocycles. The van der Waals surface area contributed by atoms with Crippen molar-refractivity contribution in [2.24, 2.45) is 5.92 Å². The van der Waals surface area contributed by atoms with Crippen LogP contribution in [0.15, 0.2) is 17.2 Å². The van der Waals surface area contributed by atoms with Gasteiger partial charge >= 0.3 is 0 Å². The maximum atomic E-state index is 11.9. The van der Waals surface area contributed by atoms with Gasteiger partial charge in [-0.1, -0.05) is 0 Å². The van der Waals surface area contributed by atoms with Gasteiger partial charge in [0, 0.05) is 37.8 Å². The van der Waals surface area contributed by atoms with E-state index in [9.17, 15) is 13.2 Å².